The molecule has 4 aliphatic rings. The number of hydrogen-bond donors (Lipinski definition) is 3. The van der Waals surface area contributed by atoms with Gasteiger partial charge in [0.25, 0.3) is 11.1 Å². The summed E-state index contributed by atoms with van der Waals surface area (Å²) >= 11 is 7.93. The molecular weight excluding hydrogens is 1060 g/mol. The maximum atomic E-state index is 13.1. The van der Waals surface area contributed by atoms with Crippen LogP contribution in [0.5, 0.6) is 0 Å². The Morgan fingerprint density at radius 3 is 1.58 bits per heavy atom. The molecule has 26 nitrogen and oxygen atoms in total. The third-order valence-electron chi connectivity index (χ3n) is 14.1. The van der Waals surface area contributed by atoms with Gasteiger partial charge in [-0.25, -0.2) is 49.5 Å². The van der Waals surface area contributed by atoms with Gasteiger partial charge >= 0.3 is 11.4 Å². The molecule has 10 heterocycles. The van der Waals surface area contributed by atoms with Crippen LogP contribution in [0.1, 0.15) is 38.8 Å². The van der Waals surface area contributed by atoms with Crippen LogP contribution in [0.3, 0.4) is 0 Å². The van der Waals surface area contributed by atoms with E-state index in [0.29, 0.717) is 34.1 Å². The first-order valence-electron chi connectivity index (χ1n) is 24.7. The molecule has 3 N–H and O–H groups in total. The molecule has 2 saturated carbocycles. The third kappa shape index (κ3) is 10.9. The average molecular weight is 1110 g/mol. The lowest BCUT2D eigenvalue weighted by molar-refractivity contribution is -0.119. The van der Waals surface area contributed by atoms with Gasteiger partial charge in [0.15, 0.2) is 22.3 Å². The van der Waals surface area contributed by atoms with Crippen molar-refractivity contribution in [3.05, 3.63) is 89.9 Å². The molecule has 4 unspecified atom stereocenters. The second-order valence-corrected chi connectivity index (χ2v) is 21.3. The standard InChI is InChI=1S/C24H27N9O4S.C21H21N9O3S.C3H7ClO/c1-13(33-12-27-19-18(33)22(35)32(4-5-37-3)24(36)30(19)2)20(34)28-17-11-38-21(29-17)16-7-25-23(26-8-16)31-9-14-6-15(14)10-31;1-10(30-9-24-16-15(30)18(32)27-21(33)28(16)2)17(31)25-14-8-34-19(26-14)13-4-22-20(23-5-13)29-6-11-3-12(11)7-29;1-5-3-2-4/h7-8,11-15H,4-6,9-10H2,1-3H3,(H,28,34);4-5,8-12H,3,6-7H2,1-2H3,(H,25,31)(H,27,32,33);2-3H2,1H3/t13-,14?,15?;10-,11?,12?;/m00./s1. The summed E-state index contributed by atoms with van der Waals surface area (Å²) in [4.78, 5) is 118. The molecule has 0 radical (unpaired) electrons. The highest BCUT2D eigenvalue weighted by atomic mass is 35.5. The van der Waals surface area contributed by atoms with Gasteiger partial charge in [-0.15, -0.1) is 34.3 Å². The van der Waals surface area contributed by atoms with Crippen LogP contribution >= 0.6 is 34.3 Å². The van der Waals surface area contributed by atoms with Crippen molar-refractivity contribution in [1.82, 2.24) is 67.7 Å². The van der Waals surface area contributed by atoms with Crippen LogP contribution in [0.25, 0.3) is 43.5 Å². The fourth-order valence-electron chi connectivity index (χ4n) is 9.44. The highest BCUT2D eigenvalue weighted by Gasteiger charge is 2.46. The van der Waals surface area contributed by atoms with Crippen LogP contribution in [-0.4, -0.2) is 139 Å². The number of carbonyl (C=O) groups excluding carboxylic acids is 2. The summed E-state index contributed by atoms with van der Waals surface area (Å²) in [6.45, 7) is 8.36. The lowest BCUT2D eigenvalue weighted by Gasteiger charge is -2.17. The number of carbonyl (C=O) groups is 2. The van der Waals surface area contributed by atoms with Crippen molar-refractivity contribution in [2.75, 3.05) is 79.9 Å². The first-order valence-corrected chi connectivity index (χ1v) is 27.0. The Bertz CT molecular complexity index is 3690. The Kier molecular flexibility index (Phi) is 15.3. The molecule has 0 bridgehead atoms. The van der Waals surface area contributed by atoms with Gasteiger partial charge in [0, 0.05) is 107 Å². The zero-order chi connectivity index (χ0) is 54.2. The molecule has 0 aromatic carbocycles. The number of nitrogens with one attached hydrogen (secondary N) is 3. The number of amides is 2. The minimum atomic E-state index is -0.791. The van der Waals surface area contributed by atoms with E-state index in [0.717, 1.165) is 77.4 Å². The number of imidazole rings is 2. The van der Waals surface area contributed by atoms with E-state index in [1.807, 2.05) is 0 Å². The van der Waals surface area contributed by atoms with Crippen LogP contribution in [0.15, 0.2) is 67.4 Å². The summed E-state index contributed by atoms with van der Waals surface area (Å²) in [6.07, 6.45) is 12.5. The molecule has 29 heteroatoms. The molecule has 6 atom stereocenters. The van der Waals surface area contributed by atoms with Gasteiger partial charge in [-0.05, 0) is 50.4 Å². The Morgan fingerprint density at radius 1 is 0.688 bits per heavy atom. The number of thiazole rings is 2. The number of aromatic nitrogens is 14. The first-order chi connectivity index (χ1) is 37.1. The Labute approximate surface area is 450 Å². The average Bonchev–Trinajstić information content (AvgIpc) is 3.93. The number of aryl methyl sites for hydroxylation is 2. The fraction of sp³-hybridized carbons (Fsp3) is 0.458. The molecule has 77 heavy (non-hydrogen) atoms. The number of ether oxygens (including phenoxy) is 2. The number of methoxy groups -OCH3 is 2. The highest BCUT2D eigenvalue weighted by Crippen LogP contribution is 2.46. The molecule has 8 aromatic heterocycles. The quantitative estimate of drug-likeness (QED) is 0.124. The number of anilines is 4. The van der Waals surface area contributed by atoms with Crippen molar-refractivity contribution in [2.24, 2.45) is 37.8 Å². The molecular formula is C48H55ClN18O8S2. The van der Waals surface area contributed by atoms with Crippen molar-refractivity contribution in [2.45, 2.75) is 45.3 Å². The van der Waals surface area contributed by atoms with Crippen LogP contribution in [0, 0.1) is 23.7 Å². The number of alkyl halides is 1. The highest BCUT2D eigenvalue weighted by molar-refractivity contribution is 7.13. The zero-order valence-electron chi connectivity index (χ0n) is 42.8. The summed E-state index contributed by atoms with van der Waals surface area (Å²) in [6, 6.07) is -1.55. The Hall–Kier alpha value is -7.53. The van der Waals surface area contributed by atoms with E-state index in [1.165, 1.54) is 87.6 Å². The maximum Gasteiger partial charge on any atom is 0.332 e. The van der Waals surface area contributed by atoms with Crippen molar-refractivity contribution in [1.29, 1.82) is 0 Å². The lowest BCUT2D eigenvalue weighted by atomic mass is 10.3. The predicted molar refractivity (Wildman–Crippen MR) is 290 cm³/mol. The van der Waals surface area contributed by atoms with Gasteiger partial charge in [0.2, 0.25) is 23.7 Å². The van der Waals surface area contributed by atoms with E-state index < -0.39 is 34.6 Å². The van der Waals surface area contributed by atoms with E-state index in [-0.39, 0.29) is 47.3 Å². The van der Waals surface area contributed by atoms with Crippen LogP contribution < -0.4 is 42.9 Å². The lowest BCUT2D eigenvalue weighted by Crippen LogP contribution is -2.41. The van der Waals surface area contributed by atoms with Crippen LogP contribution in [0.4, 0.5) is 23.5 Å². The van der Waals surface area contributed by atoms with E-state index in [4.69, 9.17) is 16.3 Å². The number of piperidine rings is 2. The van der Waals surface area contributed by atoms with Crippen molar-refractivity contribution >= 4 is 91.9 Å². The van der Waals surface area contributed by atoms with Gasteiger partial charge in [-0.2, -0.15) is 0 Å². The molecule has 404 valence electrons. The summed E-state index contributed by atoms with van der Waals surface area (Å²) in [7, 11) is 6.16. The number of halogens is 1. The second kappa shape index (κ2) is 22.2. The van der Waals surface area contributed by atoms with Gasteiger partial charge in [-0.1, -0.05) is 0 Å². The molecule has 8 aromatic rings. The van der Waals surface area contributed by atoms with E-state index >= 15 is 0 Å². The van der Waals surface area contributed by atoms with E-state index in [2.05, 4.69) is 70.0 Å². The number of H-pyrrole nitrogens is 1. The summed E-state index contributed by atoms with van der Waals surface area (Å²) in [5, 5.41) is 10.5. The minimum absolute atomic E-state index is 0.0923. The van der Waals surface area contributed by atoms with Gasteiger partial charge < -0.3 is 39.0 Å². The SMILES string of the molecule is COCCCl.COCCn1c(=O)c2c(ncn2[C@@H](C)C(=O)Nc2csc(-c3cnc(N4CC5CC5C4)nc3)n2)n(C)c1=O.C[C@@H](C(=O)Nc1csc(-c2cnc(N3CC4CC4C3)nc2)n1)n1cnc2c1c(=O)[nH]c(=O)n2C. The van der Waals surface area contributed by atoms with Crippen LogP contribution in [0.2, 0.25) is 0 Å². The largest absolute Gasteiger partial charge is 0.383 e. The van der Waals surface area contributed by atoms with Crippen molar-refractivity contribution in [3.63, 3.8) is 0 Å². The van der Waals surface area contributed by atoms with Crippen molar-refractivity contribution in [3.8, 4) is 21.1 Å². The van der Waals surface area contributed by atoms with Gasteiger partial charge in [-0.3, -0.25) is 37.9 Å². The summed E-state index contributed by atoms with van der Waals surface area (Å²) in [5.41, 5.74) is 0.0960. The second-order valence-electron chi connectivity index (χ2n) is 19.2. The molecule has 12 rings (SSSR count). The molecule has 2 aliphatic carbocycles. The zero-order valence-corrected chi connectivity index (χ0v) is 45.2. The predicted octanol–water partition coefficient (Wildman–Crippen LogP) is 2.98. The topological polar surface area (TPSA) is 295 Å². The number of fused-ring (bicyclic) bond motifs is 4. The van der Waals surface area contributed by atoms with Gasteiger partial charge in [0.1, 0.15) is 33.7 Å². The van der Waals surface area contributed by atoms with Gasteiger partial charge in [0.05, 0.1) is 32.4 Å². The minimum Gasteiger partial charge on any atom is -0.383 e. The summed E-state index contributed by atoms with van der Waals surface area (Å²) < 4.78 is 16.1. The number of aromatic amines is 1. The molecule has 2 aliphatic heterocycles. The monoisotopic (exact) mass is 1110 g/mol. The van der Waals surface area contributed by atoms with E-state index in [1.54, 1.807) is 56.5 Å². The molecule has 4 fully saturated rings. The van der Waals surface area contributed by atoms with Crippen LogP contribution in [-0.2, 0) is 39.7 Å². The maximum absolute atomic E-state index is 13.1. The smallest absolute Gasteiger partial charge is 0.332 e. The summed E-state index contributed by atoms with van der Waals surface area (Å²) in [5.74, 6) is 5.33. The Balaban J connectivity index is 0.000000161. The fourth-order valence-corrected chi connectivity index (χ4v) is 11.0. The molecule has 2 saturated heterocycles. The number of rotatable bonds is 15. The third-order valence-corrected chi connectivity index (χ3v) is 16.0. The molecule has 2 amide bonds. The molecule has 0 spiro atoms. The number of nitrogens with zero attached hydrogens (tertiary/aromatic N) is 15. The first kappa shape index (κ1) is 52.9. The Morgan fingerprint density at radius 2 is 1.14 bits per heavy atom. The van der Waals surface area contributed by atoms with E-state index in [9.17, 15) is 28.8 Å². The van der Waals surface area contributed by atoms with Crippen molar-refractivity contribution < 1.29 is 19.1 Å². The normalized spacial score (nSPS) is 18.7. The number of hydrogen-bond acceptors (Lipinski definition) is 20.